The van der Waals surface area contributed by atoms with Crippen molar-refractivity contribution in [1.82, 2.24) is 0 Å². The lowest BCUT2D eigenvalue weighted by Gasteiger charge is -2.17. The van der Waals surface area contributed by atoms with Crippen LogP contribution in [0.5, 0.6) is 0 Å². The SMILES string of the molecule is Clc1ccc2c[n+]3ccccc3cc2c1.[O-][Cl+3]([O-])([O-])[O-]. The molecule has 2 aromatic heterocycles. The van der Waals surface area contributed by atoms with Crippen molar-refractivity contribution in [3.63, 3.8) is 0 Å². The first-order valence-electron chi connectivity index (χ1n) is 5.44. The average molecular weight is 314 g/mol. The van der Waals surface area contributed by atoms with Crippen LogP contribution in [0.2, 0.25) is 5.02 Å². The number of nitrogens with zero attached hydrogens (tertiary/aromatic N) is 1. The van der Waals surface area contributed by atoms with E-state index in [-0.39, 0.29) is 0 Å². The average Bonchev–Trinajstić information content (AvgIpc) is 2.34. The summed E-state index contributed by atoms with van der Waals surface area (Å²) in [6.45, 7) is 0. The highest BCUT2D eigenvalue weighted by Crippen LogP contribution is 2.18. The summed E-state index contributed by atoms with van der Waals surface area (Å²) >= 11 is 5.96. The van der Waals surface area contributed by atoms with Gasteiger partial charge in [0.05, 0.1) is 0 Å². The number of benzene rings is 1. The molecule has 0 amide bonds. The minimum Gasteiger partial charge on any atom is -0.222 e. The van der Waals surface area contributed by atoms with Crippen LogP contribution in [0.25, 0.3) is 16.3 Å². The van der Waals surface area contributed by atoms with Gasteiger partial charge in [-0.25, -0.2) is 18.6 Å². The van der Waals surface area contributed by atoms with Crippen molar-refractivity contribution < 1.29 is 33.3 Å². The molecule has 0 aliphatic heterocycles. The topological polar surface area (TPSA) is 96.3 Å². The van der Waals surface area contributed by atoms with Crippen molar-refractivity contribution in [1.29, 1.82) is 0 Å². The Balaban J connectivity index is 0.000000257. The van der Waals surface area contributed by atoms with Gasteiger partial charge in [-0.05, 0) is 29.7 Å². The molecule has 0 saturated heterocycles. The van der Waals surface area contributed by atoms with E-state index in [9.17, 15) is 0 Å². The van der Waals surface area contributed by atoms with Crippen LogP contribution in [-0.4, -0.2) is 0 Å². The third-order valence-electron chi connectivity index (χ3n) is 2.55. The molecule has 1 aromatic carbocycles. The molecule has 0 fully saturated rings. The lowest BCUT2D eigenvalue weighted by molar-refractivity contribution is -2.00. The maximum Gasteiger partial charge on any atom is 0.211 e. The minimum absolute atomic E-state index is 0.780. The number of halogens is 2. The Bertz CT molecular complexity index is 737. The Morgan fingerprint density at radius 2 is 1.60 bits per heavy atom. The van der Waals surface area contributed by atoms with Crippen LogP contribution in [0.15, 0.2) is 54.9 Å². The number of rotatable bonds is 0. The molecular weight excluding hydrogens is 305 g/mol. The number of fused-ring (bicyclic) bond motifs is 2. The van der Waals surface area contributed by atoms with Gasteiger partial charge in [-0.2, -0.15) is 4.40 Å². The molecule has 0 bridgehead atoms. The summed E-state index contributed by atoms with van der Waals surface area (Å²) in [6, 6.07) is 14.2. The zero-order valence-corrected chi connectivity index (χ0v) is 11.5. The van der Waals surface area contributed by atoms with Gasteiger partial charge in [0.2, 0.25) is 5.52 Å². The first-order chi connectivity index (χ1) is 9.33. The van der Waals surface area contributed by atoms with Crippen molar-refractivity contribution in [2.75, 3.05) is 0 Å². The fraction of sp³-hybridized carbons (Fsp3) is 0. The van der Waals surface area contributed by atoms with Crippen molar-refractivity contribution in [3.8, 4) is 0 Å². The van der Waals surface area contributed by atoms with Gasteiger partial charge in [-0.3, -0.25) is 0 Å². The predicted octanol–water partition coefficient (Wildman–Crippen LogP) is -1.52. The Morgan fingerprint density at radius 1 is 0.900 bits per heavy atom. The summed E-state index contributed by atoms with van der Waals surface area (Å²) in [4.78, 5) is 0. The van der Waals surface area contributed by atoms with Crippen LogP contribution in [0, 0.1) is 10.2 Å². The van der Waals surface area contributed by atoms with Gasteiger partial charge in [0, 0.05) is 28.6 Å². The normalized spacial score (nSPS) is 11.2. The third kappa shape index (κ3) is 4.28. The molecule has 0 atom stereocenters. The van der Waals surface area contributed by atoms with Crippen molar-refractivity contribution in [2.24, 2.45) is 0 Å². The maximum atomic E-state index is 8.49. The second-order valence-corrected chi connectivity index (χ2v) is 5.15. The third-order valence-corrected chi connectivity index (χ3v) is 2.79. The van der Waals surface area contributed by atoms with Gasteiger partial charge in [-0.15, -0.1) is 10.2 Å². The highest BCUT2D eigenvalue weighted by molar-refractivity contribution is 6.31. The van der Waals surface area contributed by atoms with E-state index in [0.717, 1.165) is 5.02 Å². The fourth-order valence-corrected chi connectivity index (χ4v) is 1.99. The van der Waals surface area contributed by atoms with Crippen LogP contribution >= 0.6 is 11.6 Å². The van der Waals surface area contributed by atoms with Gasteiger partial charge in [0.15, 0.2) is 12.4 Å². The molecule has 0 spiro atoms. The van der Waals surface area contributed by atoms with Crippen LogP contribution < -0.4 is 23.0 Å². The second kappa shape index (κ2) is 5.88. The van der Waals surface area contributed by atoms with E-state index in [1.165, 1.54) is 16.3 Å². The zero-order valence-electron chi connectivity index (χ0n) is 10.0. The fourth-order valence-electron chi connectivity index (χ4n) is 1.81. The largest absolute Gasteiger partial charge is 0.222 e. The summed E-state index contributed by atoms with van der Waals surface area (Å²) in [5, 5.41) is 3.15. The molecule has 3 rings (SSSR count). The summed E-state index contributed by atoms with van der Waals surface area (Å²) in [5.74, 6) is 0. The van der Waals surface area contributed by atoms with E-state index < -0.39 is 10.2 Å². The first kappa shape index (κ1) is 14.9. The van der Waals surface area contributed by atoms with E-state index in [0.29, 0.717) is 0 Å². The number of hydrogen-bond acceptors (Lipinski definition) is 4. The summed E-state index contributed by atoms with van der Waals surface area (Å²) < 4.78 is 36.1. The molecule has 5 nitrogen and oxygen atoms in total. The molecule has 3 aromatic rings. The Hall–Kier alpha value is -1.47. The van der Waals surface area contributed by atoms with E-state index in [2.05, 4.69) is 22.7 Å². The van der Waals surface area contributed by atoms with Crippen molar-refractivity contribution in [3.05, 3.63) is 59.9 Å². The molecule has 20 heavy (non-hydrogen) atoms. The second-order valence-electron chi connectivity index (χ2n) is 3.96. The number of pyridine rings is 2. The summed E-state index contributed by atoms with van der Waals surface area (Å²) in [6.07, 6.45) is 4.16. The predicted molar refractivity (Wildman–Crippen MR) is 62.1 cm³/mol. The minimum atomic E-state index is -4.94. The van der Waals surface area contributed by atoms with Crippen LogP contribution in [-0.2, 0) is 0 Å². The zero-order chi connectivity index (χ0) is 14.8. The molecule has 0 N–H and O–H groups in total. The summed E-state index contributed by atoms with van der Waals surface area (Å²) in [7, 11) is -4.94. The Kier molecular flexibility index (Phi) is 4.39. The monoisotopic (exact) mass is 313 g/mol. The van der Waals surface area contributed by atoms with Crippen molar-refractivity contribution in [2.45, 2.75) is 0 Å². The van der Waals surface area contributed by atoms with Crippen LogP contribution in [0.1, 0.15) is 0 Å². The molecule has 0 aliphatic carbocycles. The van der Waals surface area contributed by atoms with Gasteiger partial charge in [0.1, 0.15) is 0 Å². The lowest BCUT2D eigenvalue weighted by Crippen LogP contribution is -2.68. The molecule has 0 aliphatic rings. The van der Waals surface area contributed by atoms with Crippen LogP contribution in [0.4, 0.5) is 0 Å². The number of hydrogen-bond donors (Lipinski definition) is 0. The van der Waals surface area contributed by atoms with Gasteiger partial charge >= 0.3 is 0 Å². The first-order valence-corrected chi connectivity index (χ1v) is 7.05. The van der Waals surface area contributed by atoms with E-state index in [1.54, 1.807) is 0 Å². The highest BCUT2D eigenvalue weighted by atomic mass is 35.7. The molecule has 2 heterocycles. The van der Waals surface area contributed by atoms with E-state index in [1.807, 2.05) is 36.5 Å². The Labute approximate surface area is 121 Å². The molecule has 104 valence electrons. The van der Waals surface area contributed by atoms with Gasteiger partial charge in [0.25, 0.3) is 0 Å². The maximum absolute atomic E-state index is 8.49. The van der Waals surface area contributed by atoms with E-state index >= 15 is 0 Å². The van der Waals surface area contributed by atoms with E-state index in [4.69, 9.17) is 30.2 Å². The molecule has 0 radical (unpaired) electrons. The quantitative estimate of drug-likeness (QED) is 0.372. The van der Waals surface area contributed by atoms with Gasteiger partial charge in [-0.1, -0.05) is 11.6 Å². The molecular formula is C13H9Cl2NO4. The standard InChI is InChI=1S/C13H9ClN.ClHO4/c14-12-5-4-10-9-15-6-2-1-3-13(15)8-11(10)7-12;2-1(3,4)5/h1-9H;(H,2,3,4,5)/q+1;/p-1. The summed E-state index contributed by atoms with van der Waals surface area (Å²) in [5.41, 5.74) is 1.17. The molecule has 0 saturated carbocycles. The highest BCUT2D eigenvalue weighted by Gasteiger charge is 2.03. The Morgan fingerprint density at radius 3 is 2.30 bits per heavy atom. The van der Waals surface area contributed by atoms with Crippen LogP contribution in [0.3, 0.4) is 0 Å². The molecule has 0 unspecified atom stereocenters. The number of aromatic nitrogens is 1. The smallest absolute Gasteiger partial charge is 0.211 e. The molecule has 7 heteroatoms. The lowest BCUT2D eigenvalue weighted by atomic mass is 10.1. The van der Waals surface area contributed by atoms with Gasteiger partial charge < -0.3 is 0 Å². The van der Waals surface area contributed by atoms with Crippen molar-refractivity contribution >= 4 is 27.9 Å².